The average Bonchev–Trinajstić information content (AvgIpc) is 3.06. The average molecular weight is 467 g/mol. The molecule has 3 aliphatic heterocycles. The van der Waals surface area contributed by atoms with E-state index in [0.717, 1.165) is 62.0 Å². The van der Waals surface area contributed by atoms with Crippen LogP contribution >= 0.6 is 0 Å². The Morgan fingerprint density at radius 1 is 1.15 bits per heavy atom. The Hall–Kier alpha value is -2.60. The molecule has 3 fully saturated rings. The van der Waals surface area contributed by atoms with Gasteiger partial charge in [0, 0.05) is 12.6 Å². The van der Waals surface area contributed by atoms with E-state index in [1.54, 1.807) is 6.07 Å². The molecular formula is C28H35FN2O3. The number of halogens is 1. The molecule has 6 rings (SSSR count). The number of ether oxygens (including phenoxy) is 2. The topological polar surface area (TPSA) is 50.8 Å². The van der Waals surface area contributed by atoms with Gasteiger partial charge in [-0.2, -0.15) is 0 Å². The van der Waals surface area contributed by atoms with Crippen molar-refractivity contribution in [2.75, 3.05) is 26.2 Å². The van der Waals surface area contributed by atoms with Crippen LogP contribution in [0.2, 0.25) is 0 Å². The van der Waals surface area contributed by atoms with Gasteiger partial charge in [0.05, 0.1) is 12.6 Å². The van der Waals surface area contributed by atoms with E-state index in [1.807, 2.05) is 19.1 Å². The summed E-state index contributed by atoms with van der Waals surface area (Å²) in [5.41, 5.74) is 3.89. The first kappa shape index (κ1) is 23.2. The Morgan fingerprint density at radius 3 is 2.65 bits per heavy atom. The fourth-order valence-electron chi connectivity index (χ4n) is 5.87. The van der Waals surface area contributed by atoms with E-state index >= 15 is 0 Å². The summed E-state index contributed by atoms with van der Waals surface area (Å²) in [4.78, 5) is 15.3. The van der Waals surface area contributed by atoms with E-state index in [0.29, 0.717) is 18.3 Å². The zero-order chi connectivity index (χ0) is 23.9. The van der Waals surface area contributed by atoms with Gasteiger partial charge in [-0.3, -0.25) is 4.90 Å². The molecule has 3 saturated heterocycles. The maximum absolute atomic E-state index is 14.2. The van der Waals surface area contributed by atoms with Crippen LogP contribution in [0.4, 0.5) is 9.18 Å². The van der Waals surface area contributed by atoms with Crippen LogP contribution in [0.5, 0.6) is 5.75 Å². The minimum atomic E-state index is -0.323. The largest absolute Gasteiger partial charge is 0.493 e. The van der Waals surface area contributed by atoms with Gasteiger partial charge in [-0.25, -0.2) is 9.18 Å². The third kappa shape index (κ3) is 4.65. The normalized spacial score (nSPS) is 26.7. The molecule has 0 spiro atoms. The van der Waals surface area contributed by atoms with Gasteiger partial charge in [0.1, 0.15) is 17.7 Å². The summed E-state index contributed by atoms with van der Waals surface area (Å²) in [6, 6.07) is 10.9. The van der Waals surface area contributed by atoms with Gasteiger partial charge < -0.3 is 14.8 Å². The summed E-state index contributed by atoms with van der Waals surface area (Å²) < 4.78 is 25.8. The molecule has 2 bridgehead atoms. The van der Waals surface area contributed by atoms with Gasteiger partial charge in [-0.05, 0) is 84.5 Å². The lowest BCUT2D eigenvalue weighted by atomic mass is 9.85. The number of carbonyl (C=O) groups excluding carboxylic acids is 1. The third-order valence-electron chi connectivity index (χ3n) is 7.68. The molecule has 34 heavy (non-hydrogen) atoms. The van der Waals surface area contributed by atoms with Gasteiger partial charge in [0.15, 0.2) is 0 Å². The molecule has 0 aromatic heterocycles. The number of carbonyl (C=O) groups is 1. The highest BCUT2D eigenvalue weighted by atomic mass is 19.1. The molecular weight excluding hydrogens is 431 g/mol. The molecule has 5 nitrogen and oxygen atoms in total. The second kappa shape index (κ2) is 9.21. The van der Waals surface area contributed by atoms with E-state index in [2.05, 4.69) is 36.2 Å². The monoisotopic (exact) mass is 466 g/mol. The first-order chi connectivity index (χ1) is 16.3. The van der Waals surface area contributed by atoms with Gasteiger partial charge in [-0.15, -0.1) is 0 Å². The quantitative estimate of drug-likeness (QED) is 0.591. The van der Waals surface area contributed by atoms with Crippen LogP contribution in [0.25, 0.3) is 11.1 Å². The van der Waals surface area contributed by atoms with Crippen molar-refractivity contribution in [3.05, 3.63) is 53.3 Å². The number of nitrogens with one attached hydrogen (secondary N) is 1. The molecule has 3 heterocycles. The molecule has 1 aliphatic carbocycles. The fourth-order valence-corrected chi connectivity index (χ4v) is 5.87. The van der Waals surface area contributed by atoms with Crippen molar-refractivity contribution in [3.63, 3.8) is 0 Å². The van der Waals surface area contributed by atoms with Crippen LogP contribution in [0.3, 0.4) is 0 Å². The number of rotatable bonds is 6. The third-order valence-corrected chi connectivity index (χ3v) is 7.68. The highest BCUT2D eigenvalue weighted by Gasteiger charge is 2.42. The Morgan fingerprint density at radius 2 is 1.94 bits per heavy atom. The van der Waals surface area contributed by atoms with Crippen molar-refractivity contribution in [1.29, 1.82) is 0 Å². The number of benzene rings is 2. The van der Waals surface area contributed by atoms with Crippen LogP contribution in [-0.2, 0) is 11.2 Å². The number of nitrogens with zero attached hydrogens (tertiary/aromatic N) is 1. The van der Waals surface area contributed by atoms with Gasteiger partial charge in [-0.1, -0.05) is 39.0 Å². The predicted molar refractivity (Wildman–Crippen MR) is 130 cm³/mol. The molecule has 6 heteroatoms. The SMILES string of the molecule is CCCOc1cc(F)cc(-c2ccc3c(c2)CC(C)(C)C3NC(=O)O[C@H]2CN3CCC2CC3)c1. The van der Waals surface area contributed by atoms with E-state index in [9.17, 15) is 9.18 Å². The molecule has 2 aromatic rings. The van der Waals surface area contributed by atoms with Crippen LogP contribution in [-0.4, -0.2) is 43.3 Å². The minimum absolute atomic E-state index is 0.00837. The Bertz CT molecular complexity index is 1060. The molecule has 0 saturated carbocycles. The summed E-state index contributed by atoms with van der Waals surface area (Å²) in [6.07, 6.45) is 3.60. The lowest BCUT2D eigenvalue weighted by Gasteiger charge is -2.44. The summed E-state index contributed by atoms with van der Waals surface area (Å²) >= 11 is 0. The number of fused-ring (bicyclic) bond motifs is 4. The van der Waals surface area contributed by atoms with Gasteiger partial charge in [0.25, 0.3) is 0 Å². The lowest BCUT2D eigenvalue weighted by molar-refractivity contribution is -0.0348. The molecule has 1 unspecified atom stereocenters. The first-order valence-electron chi connectivity index (χ1n) is 12.6. The van der Waals surface area contributed by atoms with Gasteiger partial charge >= 0.3 is 6.09 Å². The molecule has 2 atom stereocenters. The zero-order valence-corrected chi connectivity index (χ0v) is 20.4. The molecule has 0 radical (unpaired) electrons. The van der Waals surface area contributed by atoms with Gasteiger partial charge in [0.2, 0.25) is 0 Å². The Balaban J connectivity index is 1.33. The second-order valence-electron chi connectivity index (χ2n) is 10.8. The molecule has 1 N–H and O–H groups in total. The summed E-state index contributed by atoms with van der Waals surface area (Å²) in [5, 5.41) is 3.17. The van der Waals surface area contributed by atoms with Crippen molar-refractivity contribution in [3.8, 4) is 16.9 Å². The summed E-state index contributed by atoms with van der Waals surface area (Å²) in [5.74, 6) is 0.729. The number of amides is 1. The van der Waals surface area contributed by atoms with Crippen LogP contribution in [0.15, 0.2) is 36.4 Å². The molecule has 182 valence electrons. The van der Waals surface area contributed by atoms with E-state index in [4.69, 9.17) is 9.47 Å². The lowest BCUT2D eigenvalue weighted by Crippen LogP contribution is -2.53. The van der Waals surface area contributed by atoms with Crippen LogP contribution < -0.4 is 10.1 Å². The standard InChI is InChI=1S/C28H35FN2O3/c1-4-11-33-23-14-20(13-22(29)15-23)19-5-6-24-21(12-19)16-28(2,3)26(24)30-27(32)34-25-17-31-9-7-18(25)8-10-31/h5-6,12-15,18,25-26H,4,7-11,16-17H2,1-3H3,(H,30,32)/t25-,26?/m0/s1. The van der Waals surface area contributed by atoms with Crippen LogP contribution in [0.1, 0.15) is 57.2 Å². The Labute approximate surface area is 201 Å². The fraction of sp³-hybridized carbons (Fsp3) is 0.536. The van der Waals surface area contributed by atoms with Crippen LogP contribution in [0, 0.1) is 17.2 Å². The van der Waals surface area contributed by atoms with Crippen molar-refractivity contribution < 1.29 is 18.7 Å². The van der Waals surface area contributed by atoms with Crippen molar-refractivity contribution >= 4 is 6.09 Å². The van der Waals surface area contributed by atoms with Crippen molar-refractivity contribution in [2.24, 2.45) is 11.3 Å². The van der Waals surface area contributed by atoms with E-state index in [1.165, 1.54) is 11.6 Å². The Kier molecular flexibility index (Phi) is 6.28. The zero-order valence-electron chi connectivity index (χ0n) is 20.4. The van der Waals surface area contributed by atoms with Crippen molar-refractivity contribution in [1.82, 2.24) is 10.2 Å². The summed E-state index contributed by atoms with van der Waals surface area (Å²) in [7, 11) is 0. The summed E-state index contributed by atoms with van der Waals surface area (Å²) in [6.45, 7) is 10.0. The van der Waals surface area contributed by atoms with E-state index in [-0.39, 0.29) is 29.5 Å². The van der Waals surface area contributed by atoms with E-state index < -0.39 is 0 Å². The van der Waals surface area contributed by atoms with Crippen molar-refractivity contribution in [2.45, 2.75) is 58.6 Å². The highest BCUT2D eigenvalue weighted by Crippen LogP contribution is 2.46. The second-order valence-corrected chi connectivity index (χ2v) is 10.8. The number of hydrogen-bond donors (Lipinski definition) is 1. The molecule has 4 aliphatic rings. The maximum Gasteiger partial charge on any atom is 0.407 e. The first-order valence-corrected chi connectivity index (χ1v) is 12.6. The number of alkyl carbamates (subject to hydrolysis) is 1. The number of piperidine rings is 3. The highest BCUT2D eigenvalue weighted by molar-refractivity contribution is 5.70. The predicted octanol–water partition coefficient (Wildman–Crippen LogP) is 5.73. The molecule has 1 amide bonds. The maximum atomic E-state index is 14.2. The molecule has 2 aromatic carbocycles. The minimum Gasteiger partial charge on any atom is -0.493 e. The number of hydrogen-bond acceptors (Lipinski definition) is 4. The smallest absolute Gasteiger partial charge is 0.407 e.